The topological polar surface area (TPSA) is 46.1 Å². The Bertz CT molecular complexity index is 376. The number of nitrogens with one attached hydrogen (secondary N) is 1. The summed E-state index contributed by atoms with van der Waals surface area (Å²) in [5.74, 6) is -1.49. The molecule has 0 amide bonds. The van der Waals surface area contributed by atoms with E-state index in [4.69, 9.17) is 9.57 Å². The Labute approximate surface area is 123 Å². The smallest absolute Gasteiger partial charge is 0.250 e. The third-order valence-corrected chi connectivity index (χ3v) is 4.44. The quantitative estimate of drug-likeness (QED) is 0.857. The summed E-state index contributed by atoms with van der Waals surface area (Å²) in [5.41, 5.74) is 0. The van der Waals surface area contributed by atoms with Gasteiger partial charge in [-0.1, -0.05) is 5.16 Å². The Balaban J connectivity index is 1.48. The third-order valence-electron chi connectivity index (χ3n) is 4.44. The number of nitrogens with zero attached hydrogens (tertiary/aromatic N) is 2. The van der Waals surface area contributed by atoms with Crippen molar-refractivity contribution >= 4 is 5.90 Å². The van der Waals surface area contributed by atoms with Crippen molar-refractivity contribution in [3.8, 4) is 0 Å². The first-order chi connectivity index (χ1) is 10.1. The third kappa shape index (κ3) is 4.03. The Morgan fingerprint density at radius 2 is 1.95 bits per heavy atom. The molecule has 1 N–H and O–H groups in total. The maximum atomic E-state index is 13.2. The molecule has 21 heavy (non-hydrogen) atoms. The minimum absolute atomic E-state index is 0.0597. The Hall–Kier alpha value is -0.950. The van der Waals surface area contributed by atoms with Crippen LogP contribution in [-0.2, 0) is 9.57 Å². The van der Waals surface area contributed by atoms with Gasteiger partial charge < -0.3 is 14.9 Å². The van der Waals surface area contributed by atoms with Crippen molar-refractivity contribution in [2.75, 3.05) is 39.3 Å². The highest BCUT2D eigenvalue weighted by molar-refractivity contribution is 5.78. The second-order valence-corrected chi connectivity index (χ2v) is 6.15. The van der Waals surface area contributed by atoms with Gasteiger partial charge in [-0.05, 0) is 25.9 Å². The second-order valence-electron chi connectivity index (χ2n) is 6.15. The number of rotatable bonds is 3. The molecule has 3 rings (SSSR count). The molecule has 1 unspecified atom stereocenters. The zero-order valence-electron chi connectivity index (χ0n) is 12.2. The summed E-state index contributed by atoms with van der Waals surface area (Å²) in [6.45, 7) is 3.83. The fraction of sp³-hybridized carbons (Fsp3) is 0.929. The monoisotopic (exact) mass is 303 g/mol. The van der Waals surface area contributed by atoms with Gasteiger partial charge in [-0.2, -0.15) is 0 Å². The van der Waals surface area contributed by atoms with Gasteiger partial charge in [0.25, 0.3) is 5.92 Å². The lowest BCUT2D eigenvalue weighted by Gasteiger charge is -2.35. The predicted octanol–water partition coefficient (Wildman–Crippen LogP) is 1.45. The molecule has 0 spiro atoms. The average molecular weight is 303 g/mol. The summed E-state index contributed by atoms with van der Waals surface area (Å²) >= 11 is 0. The minimum atomic E-state index is -2.50. The molecule has 7 heteroatoms. The van der Waals surface area contributed by atoms with Gasteiger partial charge in [0.1, 0.15) is 6.10 Å². The van der Waals surface area contributed by atoms with Gasteiger partial charge in [0, 0.05) is 38.4 Å². The fourth-order valence-corrected chi connectivity index (χ4v) is 3.09. The zero-order valence-corrected chi connectivity index (χ0v) is 12.2. The normalized spacial score (nSPS) is 31.1. The van der Waals surface area contributed by atoms with E-state index in [9.17, 15) is 8.78 Å². The molecule has 0 radical (unpaired) electrons. The van der Waals surface area contributed by atoms with E-state index in [1.807, 2.05) is 4.90 Å². The molecule has 0 bridgehead atoms. The van der Waals surface area contributed by atoms with E-state index in [-0.39, 0.29) is 18.9 Å². The van der Waals surface area contributed by atoms with Crippen LogP contribution in [0.15, 0.2) is 5.16 Å². The van der Waals surface area contributed by atoms with Crippen LogP contribution in [0, 0.1) is 5.92 Å². The number of halogens is 2. The van der Waals surface area contributed by atoms with E-state index in [0.29, 0.717) is 38.1 Å². The van der Waals surface area contributed by atoms with Crippen LogP contribution in [0.2, 0.25) is 0 Å². The van der Waals surface area contributed by atoms with Crippen molar-refractivity contribution in [3.05, 3.63) is 0 Å². The summed E-state index contributed by atoms with van der Waals surface area (Å²) in [5, 5.41) is 7.36. The minimum Gasteiger partial charge on any atom is -0.470 e. The molecule has 0 aromatic heterocycles. The largest absolute Gasteiger partial charge is 0.470 e. The van der Waals surface area contributed by atoms with Crippen molar-refractivity contribution in [2.24, 2.45) is 11.1 Å². The number of likely N-dealkylation sites (tertiary alicyclic amines) is 1. The number of ether oxygens (including phenoxy) is 1. The molecule has 0 aromatic rings. The molecular weight excluding hydrogens is 280 g/mol. The van der Waals surface area contributed by atoms with Crippen LogP contribution in [0.5, 0.6) is 0 Å². The van der Waals surface area contributed by atoms with Crippen molar-refractivity contribution in [1.29, 1.82) is 0 Å². The predicted molar refractivity (Wildman–Crippen MR) is 74.5 cm³/mol. The average Bonchev–Trinajstić information content (AvgIpc) is 2.51. The van der Waals surface area contributed by atoms with Gasteiger partial charge in [-0.3, -0.25) is 4.90 Å². The maximum absolute atomic E-state index is 13.2. The summed E-state index contributed by atoms with van der Waals surface area (Å²) in [7, 11) is 0. The number of oxime groups is 1. The van der Waals surface area contributed by atoms with Gasteiger partial charge in [-0.25, -0.2) is 8.78 Å². The molecule has 5 nitrogen and oxygen atoms in total. The molecular formula is C14H23F2N3O2. The lowest BCUT2D eigenvalue weighted by atomic mass is 9.98. The highest BCUT2D eigenvalue weighted by atomic mass is 19.3. The maximum Gasteiger partial charge on any atom is 0.250 e. The van der Waals surface area contributed by atoms with Gasteiger partial charge in [0.05, 0.1) is 0 Å². The van der Waals surface area contributed by atoms with Crippen LogP contribution >= 0.6 is 0 Å². The molecule has 2 fully saturated rings. The fourth-order valence-electron chi connectivity index (χ4n) is 3.09. The van der Waals surface area contributed by atoms with E-state index in [1.165, 1.54) is 0 Å². The van der Waals surface area contributed by atoms with Crippen LogP contribution in [0.1, 0.15) is 25.7 Å². The Morgan fingerprint density at radius 3 is 2.67 bits per heavy atom. The second kappa shape index (κ2) is 6.44. The molecule has 3 heterocycles. The molecule has 0 saturated carbocycles. The first kappa shape index (κ1) is 15.0. The van der Waals surface area contributed by atoms with Gasteiger partial charge >= 0.3 is 0 Å². The molecule has 3 aliphatic heterocycles. The van der Waals surface area contributed by atoms with E-state index in [2.05, 4.69) is 10.5 Å². The van der Waals surface area contributed by atoms with E-state index < -0.39 is 5.92 Å². The molecule has 2 saturated heterocycles. The highest BCUT2D eigenvalue weighted by Crippen LogP contribution is 2.28. The number of hydrogen-bond acceptors (Lipinski definition) is 5. The summed E-state index contributed by atoms with van der Waals surface area (Å²) < 4.78 is 32.3. The summed E-state index contributed by atoms with van der Waals surface area (Å²) in [6, 6.07) is 0. The van der Waals surface area contributed by atoms with Gasteiger partial charge in [0.2, 0.25) is 5.90 Å². The van der Waals surface area contributed by atoms with Crippen LogP contribution in [-0.4, -0.2) is 62.2 Å². The SMILES string of the molecule is FC1(F)CCN(CC2CON=C(C3CCNCC3)O2)CC1. The van der Waals surface area contributed by atoms with Crippen LogP contribution in [0.4, 0.5) is 8.78 Å². The first-order valence-electron chi connectivity index (χ1n) is 7.80. The van der Waals surface area contributed by atoms with Gasteiger partial charge in [0.15, 0.2) is 6.61 Å². The Morgan fingerprint density at radius 1 is 1.24 bits per heavy atom. The molecule has 0 aliphatic carbocycles. The van der Waals surface area contributed by atoms with Crippen molar-refractivity contribution in [3.63, 3.8) is 0 Å². The van der Waals surface area contributed by atoms with Crippen molar-refractivity contribution < 1.29 is 18.4 Å². The Kier molecular flexibility index (Phi) is 4.59. The van der Waals surface area contributed by atoms with Crippen LogP contribution in [0.3, 0.4) is 0 Å². The molecule has 1 atom stereocenters. The number of piperidine rings is 2. The summed E-state index contributed by atoms with van der Waals surface area (Å²) in [4.78, 5) is 7.34. The standard InChI is InChI=1S/C14H23F2N3O2/c15-14(16)3-7-19(8-4-14)9-12-10-20-18-13(21-12)11-1-5-17-6-2-11/h11-12,17H,1-10H2. The summed E-state index contributed by atoms with van der Waals surface area (Å²) in [6.07, 6.45) is 1.79. The molecule has 120 valence electrons. The highest BCUT2D eigenvalue weighted by Gasteiger charge is 2.35. The molecule has 0 aromatic carbocycles. The van der Waals surface area contributed by atoms with Crippen molar-refractivity contribution in [2.45, 2.75) is 37.7 Å². The lowest BCUT2D eigenvalue weighted by molar-refractivity contribution is -0.0698. The van der Waals surface area contributed by atoms with Crippen LogP contribution < -0.4 is 5.32 Å². The van der Waals surface area contributed by atoms with E-state index in [1.54, 1.807) is 0 Å². The number of alkyl halides is 2. The van der Waals surface area contributed by atoms with Crippen molar-refractivity contribution in [1.82, 2.24) is 10.2 Å². The van der Waals surface area contributed by atoms with Gasteiger partial charge in [-0.15, -0.1) is 0 Å². The zero-order chi connectivity index (χ0) is 14.7. The van der Waals surface area contributed by atoms with Crippen LogP contribution in [0.25, 0.3) is 0 Å². The molecule has 3 aliphatic rings. The van der Waals surface area contributed by atoms with E-state index >= 15 is 0 Å². The van der Waals surface area contributed by atoms with E-state index in [0.717, 1.165) is 25.9 Å². The number of hydrogen-bond donors (Lipinski definition) is 1. The lowest BCUT2D eigenvalue weighted by Crippen LogP contribution is -2.46. The first-order valence-corrected chi connectivity index (χ1v) is 7.80.